The first-order valence-corrected chi connectivity index (χ1v) is 4.55. The maximum absolute atomic E-state index is 11.3. The third-order valence-corrected chi connectivity index (χ3v) is 2.32. The van der Waals surface area contributed by atoms with Gasteiger partial charge < -0.3 is 9.84 Å². The molecule has 1 saturated carbocycles. The van der Waals surface area contributed by atoms with E-state index in [9.17, 15) is 4.79 Å². The third-order valence-electron chi connectivity index (χ3n) is 2.32. The highest BCUT2D eigenvalue weighted by Crippen LogP contribution is 2.23. The van der Waals surface area contributed by atoms with Gasteiger partial charge in [-0.15, -0.1) is 0 Å². The van der Waals surface area contributed by atoms with Crippen LogP contribution in [0.3, 0.4) is 0 Å². The highest BCUT2D eigenvalue weighted by atomic mass is 16.7. The Balaban J connectivity index is 1.76. The average molecular weight is 187 g/mol. The number of nitrogens with zero attached hydrogens (tertiary/aromatic N) is 1. The van der Waals surface area contributed by atoms with Gasteiger partial charge in [-0.2, -0.15) is 5.06 Å². The summed E-state index contributed by atoms with van der Waals surface area (Å²) in [6.45, 7) is 0.394. The van der Waals surface area contributed by atoms with Crippen molar-refractivity contribution in [1.29, 1.82) is 0 Å². The molecule has 1 atom stereocenters. The molecule has 1 N–H and O–H groups in total. The molecule has 1 amide bonds. The number of aliphatic hydroxyl groups excluding tert-OH is 1. The van der Waals surface area contributed by atoms with E-state index in [-0.39, 0.29) is 19.3 Å². The van der Waals surface area contributed by atoms with Gasteiger partial charge in [-0.25, -0.2) is 4.79 Å². The fraction of sp³-hybridized carbons (Fsp3) is 0.875. The zero-order valence-corrected chi connectivity index (χ0v) is 7.31. The fourth-order valence-electron chi connectivity index (χ4n) is 1.29. The van der Waals surface area contributed by atoms with Crippen LogP contribution < -0.4 is 0 Å². The summed E-state index contributed by atoms with van der Waals surface area (Å²) in [5, 5.41) is 10.2. The molecule has 2 rings (SSSR count). The Hall–Kier alpha value is -0.810. The summed E-state index contributed by atoms with van der Waals surface area (Å²) >= 11 is 0. The van der Waals surface area contributed by atoms with E-state index in [0.29, 0.717) is 0 Å². The molecule has 1 aliphatic carbocycles. The Labute approximate surface area is 76.2 Å². The Morgan fingerprint density at radius 2 is 2.31 bits per heavy atom. The number of amides is 1. The topological polar surface area (TPSA) is 59.0 Å². The summed E-state index contributed by atoms with van der Waals surface area (Å²) in [7, 11) is 0. The van der Waals surface area contributed by atoms with Crippen LogP contribution in [-0.4, -0.2) is 41.6 Å². The van der Waals surface area contributed by atoms with Gasteiger partial charge in [-0.1, -0.05) is 0 Å². The minimum Gasteiger partial charge on any atom is -0.445 e. The van der Waals surface area contributed by atoms with Crippen molar-refractivity contribution in [1.82, 2.24) is 5.06 Å². The maximum Gasteiger partial charge on any atom is 0.434 e. The lowest BCUT2D eigenvalue weighted by atomic mass is 9.96. The van der Waals surface area contributed by atoms with Gasteiger partial charge in [0.1, 0.15) is 18.8 Å². The van der Waals surface area contributed by atoms with Crippen LogP contribution in [0.1, 0.15) is 19.3 Å². The highest BCUT2D eigenvalue weighted by Gasteiger charge is 2.30. The lowest BCUT2D eigenvalue weighted by Gasteiger charge is -2.26. The molecule has 1 aliphatic heterocycles. The Morgan fingerprint density at radius 3 is 2.77 bits per heavy atom. The molecule has 13 heavy (non-hydrogen) atoms. The fourth-order valence-corrected chi connectivity index (χ4v) is 1.29. The molecule has 2 fully saturated rings. The number of carbonyl (C=O) groups excluding carboxylic acids is 1. The van der Waals surface area contributed by atoms with E-state index in [1.165, 1.54) is 0 Å². The number of ether oxygens (including phenoxy) is 1. The quantitative estimate of drug-likeness (QED) is 0.640. The molecule has 0 unspecified atom stereocenters. The van der Waals surface area contributed by atoms with Crippen LogP contribution in [0, 0.1) is 0 Å². The van der Waals surface area contributed by atoms with Gasteiger partial charge in [0, 0.05) is 0 Å². The molecule has 0 aromatic carbocycles. The van der Waals surface area contributed by atoms with E-state index in [1.54, 1.807) is 0 Å². The highest BCUT2D eigenvalue weighted by molar-refractivity contribution is 5.66. The second kappa shape index (κ2) is 3.51. The van der Waals surface area contributed by atoms with Gasteiger partial charge in [0.05, 0.1) is 6.54 Å². The van der Waals surface area contributed by atoms with Gasteiger partial charge in [-0.3, -0.25) is 4.84 Å². The van der Waals surface area contributed by atoms with E-state index in [2.05, 4.69) is 0 Å². The molecule has 0 spiro atoms. The summed E-state index contributed by atoms with van der Waals surface area (Å²) in [6.07, 6.45) is 2.04. The van der Waals surface area contributed by atoms with Crippen molar-refractivity contribution in [2.75, 3.05) is 13.2 Å². The number of hydroxylamine groups is 2. The lowest BCUT2D eigenvalue weighted by molar-refractivity contribution is -0.105. The van der Waals surface area contributed by atoms with Gasteiger partial charge in [0.25, 0.3) is 0 Å². The zero-order chi connectivity index (χ0) is 9.26. The third kappa shape index (κ3) is 1.92. The standard InChI is InChI=1S/C8H13NO4/c10-6-4-9(12-5-6)8(11)13-7-2-1-3-7/h6-7,10H,1-5H2/t6-/m0/s1. The molecule has 0 aromatic heterocycles. The Bertz CT molecular complexity index is 204. The summed E-state index contributed by atoms with van der Waals surface area (Å²) in [5.74, 6) is 0. The molecular weight excluding hydrogens is 174 g/mol. The smallest absolute Gasteiger partial charge is 0.434 e. The van der Waals surface area contributed by atoms with Crippen LogP contribution in [0.2, 0.25) is 0 Å². The van der Waals surface area contributed by atoms with Crippen molar-refractivity contribution in [3.8, 4) is 0 Å². The summed E-state index contributed by atoms with van der Waals surface area (Å²) in [5.41, 5.74) is 0. The van der Waals surface area contributed by atoms with Crippen molar-refractivity contribution in [2.45, 2.75) is 31.5 Å². The van der Waals surface area contributed by atoms with Crippen LogP contribution >= 0.6 is 0 Å². The van der Waals surface area contributed by atoms with E-state index >= 15 is 0 Å². The van der Waals surface area contributed by atoms with E-state index in [4.69, 9.17) is 14.7 Å². The maximum atomic E-state index is 11.3. The molecule has 1 heterocycles. The van der Waals surface area contributed by atoms with Gasteiger partial charge >= 0.3 is 6.09 Å². The predicted octanol–water partition coefficient (Wildman–Crippen LogP) is 0.284. The molecule has 0 radical (unpaired) electrons. The van der Waals surface area contributed by atoms with Crippen molar-refractivity contribution >= 4 is 6.09 Å². The van der Waals surface area contributed by atoms with Crippen LogP contribution in [0.25, 0.3) is 0 Å². The molecule has 1 saturated heterocycles. The van der Waals surface area contributed by atoms with E-state index < -0.39 is 12.2 Å². The number of carbonyl (C=O) groups is 1. The van der Waals surface area contributed by atoms with Crippen molar-refractivity contribution in [2.24, 2.45) is 0 Å². The Morgan fingerprint density at radius 1 is 1.54 bits per heavy atom. The summed E-state index contributed by atoms with van der Waals surface area (Å²) in [6, 6.07) is 0. The molecule has 5 heteroatoms. The molecular formula is C8H13NO4. The first-order chi connectivity index (χ1) is 6.25. The van der Waals surface area contributed by atoms with Crippen molar-refractivity contribution in [3.05, 3.63) is 0 Å². The number of rotatable bonds is 1. The van der Waals surface area contributed by atoms with Crippen LogP contribution in [0.5, 0.6) is 0 Å². The molecule has 2 aliphatic rings. The number of β-amino-alcohol motifs (C(OH)–C–C–N with tert-alkyl or cyclic N) is 1. The Kier molecular flexibility index (Phi) is 2.37. The van der Waals surface area contributed by atoms with Gasteiger partial charge in [0.15, 0.2) is 0 Å². The zero-order valence-electron chi connectivity index (χ0n) is 7.31. The first-order valence-electron chi connectivity index (χ1n) is 4.55. The molecule has 0 bridgehead atoms. The number of aliphatic hydroxyl groups is 1. The van der Waals surface area contributed by atoms with E-state index in [1.807, 2.05) is 0 Å². The second-order valence-electron chi connectivity index (χ2n) is 3.45. The first kappa shape index (κ1) is 8.77. The van der Waals surface area contributed by atoms with Crippen LogP contribution in [-0.2, 0) is 9.57 Å². The molecule has 5 nitrogen and oxygen atoms in total. The molecule has 74 valence electrons. The number of hydrogen-bond donors (Lipinski definition) is 1. The minimum absolute atomic E-state index is 0.0637. The largest absolute Gasteiger partial charge is 0.445 e. The average Bonchev–Trinajstić information content (AvgIpc) is 2.44. The van der Waals surface area contributed by atoms with Gasteiger partial charge in [-0.05, 0) is 19.3 Å². The van der Waals surface area contributed by atoms with Gasteiger partial charge in [0.2, 0.25) is 0 Å². The summed E-state index contributed by atoms with van der Waals surface area (Å²) < 4.78 is 5.07. The summed E-state index contributed by atoms with van der Waals surface area (Å²) in [4.78, 5) is 16.2. The van der Waals surface area contributed by atoms with Crippen LogP contribution in [0.15, 0.2) is 0 Å². The normalized spacial score (nSPS) is 28.7. The molecule has 0 aromatic rings. The second-order valence-corrected chi connectivity index (χ2v) is 3.45. The van der Waals surface area contributed by atoms with Crippen molar-refractivity contribution in [3.63, 3.8) is 0 Å². The van der Waals surface area contributed by atoms with Crippen molar-refractivity contribution < 1.29 is 19.5 Å². The monoisotopic (exact) mass is 187 g/mol. The SMILES string of the molecule is O=C(OC1CCC1)N1C[C@H](O)CO1. The minimum atomic E-state index is -0.575. The lowest BCUT2D eigenvalue weighted by Crippen LogP contribution is -2.34. The predicted molar refractivity (Wildman–Crippen MR) is 42.8 cm³/mol. The van der Waals surface area contributed by atoms with E-state index in [0.717, 1.165) is 24.3 Å². The van der Waals surface area contributed by atoms with Crippen LogP contribution in [0.4, 0.5) is 4.79 Å². The number of hydrogen-bond acceptors (Lipinski definition) is 4.